The molecule has 0 saturated carbocycles. The molecule has 2 heterocycles. The Balaban J connectivity index is 2.11. The highest BCUT2D eigenvalue weighted by molar-refractivity contribution is 6.03. The van der Waals surface area contributed by atoms with Gasteiger partial charge in [-0.2, -0.15) is 0 Å². The van der Waals surface area contributed by atoms with Gasteiger partial charge in [-0.25, -0.2) is 14.6 Å². The summed E-state index contributed by atoms with van der Waals surface area (Å²) in [5.74, 6) is -1.90. The summed E-state index contributed by atoms with van der Waals surface area (Å²) >= 11 is 0. The first-order chi connectivity index (χ1) is 14.8. The van der Waals surface area contributed by atoms with Crippen LogP contribution in [0.25, 0.3) is 11.4 Å². The minimum Gasteiger partial charge on any atom is -0.480 e. The number of aromatic nitrogens is 2. The highest BCUT2D eigenvalue weighted by Crippen LogP contribution is 2.31. The fourth-order valence-corrected chi connectivity index (χ4v) is 3.36. The number of imidazole rings is 1. The van der Waals surface area contributed by atoms with Gasteiger partial charge in [-0.1, -0.05) is 12.1 Å². The molecule has 0 spiro atoms. The first-order valence-corrected chi connectivity index (χ1v) is 9.39. The first-order valence-electron chi connectivity index (χ1n) is 9.39. The summed E-state index contributed by atoms with van der Waals surface area (Å²) in [5, 5.41) is 9.28. The molecule has 1 aliphatic heterocycles. The lowest BCUT2D eigenvalue weighted by Gasteiger charge is -2.31. The summed E-state index contributed by atoms with van der Waals surface area (Å²) in [6.45, 7) is 3.29. The van der Waals surface area contributed by atoms with Gasteiger partial charge in [-0.3, -0.25) is 4.79 Å². The Morgan fingerprint density at radius 3 is 2.52 bits per heavy atom. The number of hydrogen-bond acceptors (Lipinski definition) is 8. The Kier molecular flexibility index (Phi) is 6.40. The Bertz CT molecular complexity index is 1070. The van der Waals surface area contributed by atoms with E-state index in [2.05, 4.69) is 4.98 Å². The van der Waals surface area contributed by atoms with Crippen LogP contribution >= 0.6 is 0 Å². The fraction of sp³-hybridized carbons (Fsp3) is 0.333. The largest absolute Gasteiger partial charge is 0.480 e. The summed E-state index contributed by atoms with van der Waals surface area (Å²) in [6, 6.07) is 7.01. The number of methoxy groups -OCH3 is 2. The number of carbonyl (C=O) groups is 3. The lowest BCUT2D eigenvalue weighted by molar-refractivity contribution is -0.140. The summed E-state index contributed by atoms with van der Waals surface area (Å²) in [5.41, 5.74) is 2.71. The summed E-state index contributed by atoms with van der Waals surface area (Å²) in [7, 11) is 2.44. The second kappa shape index (κ2) is 9.00. The third kappa shape index (κ3) is 4.29. The number of rotatable bonds is 6. The quantitative estimate of drug-likeness (QED) is 0.683. The first kappa shape index (κ1) is 22.0. The van der Waals surface area contributed by atoms with Crippen molar-refractivity contribution in [2.45, 2.75) is 20.4 Å². The van der Waals surface area contributed by atoms with Gasteiger partial charge in [0.05, 0.1) is 32.1 Å². The number of ether oxygens (including phenoxy) is 3. The zero-order chi connectivity index (χ0) is 22.7. The summed E-state index contributed by atoms with van der Waals surface area (Å²) < 4.78 is 16.8. The molecule has 0 fully saturated rings. The van der Waals surface area contributed by atoms with Crippen LogP contribution in [0.1, 0.15) is 11.4 Å². The third-order valence-corrected chi connectivity index (χ3v) is 5.00. The second-order valence-corrected chi connectivity index (χ2v) is 6.85. The number of benzene rings is 1. The van der Waals surface area contributed by atoms with Crippen molar-refractivity contribution < 1.29 is 33.7 Å². The van der Waals surface area contributed by atoms with Gasteiger partial charge in [0.25, 0.3) is 0 Å². The van der Waals surface area contributed by atoms with Crippen molar-refractivity contribution in [2.75, 3.05) is 32.5 Å². The Morgan fingerprint density at radius 1 is 1.16 bits per heavy atom. The van der Waals surface area contributed by atoms with E-state index in [1.165, 1.54) is 19.1 Å². The molecule has 0 unspecified atom stereocenters. The van der Waals surface area contributed by atoms with Gasteiger partial charge in [0, 0.05) is 16.9 Å². The molecule has 10 heteroatoms. The highest BCUT2D eigenvalue weighted by atomic mass is 16.5. The number of carboxylic acid groups (broad SMARTS) is 1. The van der Waals surface area contributed by atoms with Gasteiger partial charge in [-0.05, 0) is 26.0 Å². The predicted octanol–water partition coefficient (Wildman–Crippen LogP) is 1.65. The van der Waals surface area contributed by atoms with Crippen LogP contribution in [-0.2, 0) is 35.1 Å². The lowest BCUT2D eigenvalue weighted by Crippen LogP contribution is -2.38. The van der Waals surface area contributed by atoms with Crippen molar-refractivity contribution >= 4 is 23.6 Å². The minimum absolute atomic E-state index is 0.00992. The Morgan fingerprint density at radius 2 is 1.87 bits per heavy atom. The molecule has 0 saturated heterocycles. The van der Waals surface area contributed by atoms with Gasteiger partial charge in [0.15, 0.2) is 0 Å². The molecule has 1 N–H and O–H groups in total. The predicted molar refractivity (Wildman–Crippen MR) is 109 cm³/mol. The van der Waals surface area contributed by atoms with Crippen molar-refractivity contribution in [3.8, 4) is 11.4 Å². The number of aliphatic carboxylic acids is 1. The zero-order valence-electron chi connectivity index (χ0n) is 17.7. The molecule has 1 aromatic carbocycles. The van der Waals surface area contributed by atoms with Crippen LogP contribution in [0.5, 0.6) is 0 Å². The maximum Gasteiger partial charge on any atom is 0.355 e. The molecular weight excluding hydrogens is 406 g/mol. The number of anilines is 1. The van der Waals surface area contributed by atoms with Crippen molar-refractivity contribution in [1.29, 1.82) is 0 Å². The average molecular weight is 429 g/mol. The van der Waals surface area contributed by atoms with Crippen LogP contribution in [0.4, 0.5) is 5.69 Å². The van der Waals surface area contributed by atoms with E-state index in [0.29, 0.717) is 22.8 Å². The molecule has 164 valence electrons. The van der Waals surface area contributed by atoms with Gasteiger partial charge < -0.3 is 28.8 Å². The van der Waals surface area contributed by atoms with Crippen LogP contribution < -0.4 is 4.90 Å². The van der Waals surface area contributed by atoms with E-state index in [1.807, 2.05) is 0 Å². The van der Waals surface area contributed by atoms with Crippen LogP contribution in [0.15, 0.2) is 35.5 Å². The van der Waals surface area contributed by atoms with E-state index in [0.717, 1.165) is 5.69 Å². The SMILES string of the molecule is COC(=O)C1=C(C(=O)OC)N(c2cccc(-c3nc(C)c(C)n3CC(=O)O)c2)COC1. The average Bonchev–Trinajstić information content (AvgIpc) is 3.05. The maximum atomic E-state index is 12.5. The third-order valence-electron chi connectivity index (χ3n) is 5.00. The van der Waals surface area contributed by atoms with Gasteiger partial charge in [0.1, 0.15) is 24.8 Å². The van der Waals surface area contributed by atoms with E-state index in [1.54, 1.807) is 42.7 Å². The number of hydrogen-bond donors (Lipinski definition) is 1. The molecule has 0 radical (unpaired) electrons. The number of carboxylic acids is 1. The molecule has 10 nitrogen and oxygen atoms in total. The standard InChI is InChI=1S/C21H23N3O7/c1-12-13(2)23(9-17(25)26)19(22-12)14-6-5-7-15(8-14)24-11-31-10-16(20(27)29-3)18(24)21(28)30-4/h5-8H,9-11H2,1-4H3,(H,25,26). The number of carbonyl (C=O) groups excluding carboxylic acids is 2. The van der Waals surface area contributed by atoms with Gasteiger partial charge in [0.2, 0.25) is 0 Å². The Labute approximate surface area is 178 Å². The van der Waals surface area contributed by atoms with E-state index < -0.39 is 17.9 Å². The topological polar surface area (TPSA) is 120 Å². The van der Waals surface area contributed by atoms with E-state index in [-0.39, 0.29) is 31.2 Å². The minimum atomic E-state index is -0.985. The van der Waals surface area contributed by atoms with Gasteiger partial charge in [-0.15, -0.1) is 0 Å². The van der Waals surface area contributed by atoms with Crippen molar-refractivity contribution in [3.63, 3.8) is 0 Å². The van der Waals surface area contributed by atoms with E-state index in [9.17, 15) is 19.5 Å². The molecule has 0 aliphatic carbocycles. The summed E-state index contributed by atoms with van der Waals surface area (Å²) in [6.07, 6.45) is 0. The molecule has 2 aromatic rings. The van der Waals surface area contributed by atoms with Crippen LogP contribution in [0, 0.1) is 13.8 Å². The number of esters is 2. The molecule has 0 atom stereocenters. The molecular formula is C21H23N3O7. The molecule has 1 aromatic heterocycles. The smallest absolute Gasteiger partial charge is 0.355 e. The molecule has 1 aliphatic rings. The Hall–Kier alpha value is -3.66. The van der Waals surface area contributed by atoms with E-state index in [4.69, 9.17) is 14.2 Å². The molecule has 3 rings (SSSR count). The fourth-order valence-electron chi connectivity index (χ4n) is 3.36. The number of aryl methyl sites for hydroxylation is 1. The summed E-state index contributed by atoms with van der Waals surface area (Å²) in [4.78, 5) is 42.0. The normalized spacial score (nSPS) is 13.9. The zero-order valence-corrected chi connectivity index (χ0v) is 17.7. The van der Waals surface area contributed by atoms with E-state index >= 15 is 0 Å². The highest BCUT2D eigenvalue weighted by Gasteiger charge is 2.32. The van der Waals surface area contributed by atoms with Crippen LogP contribution in [0.2, 0.25) is 0 Å². The lowest BCUT2D eigenvalue weighted by atomic mass is 10.1. The monoisotopic (exact) mass is 429 g/mol. The molecule has 0 bridgehead atoms. The van der Waals surface area contributed by atoms with Crippen molar-refractivity contribution in [2.24, 2.45) is 0 Å². The second-order valence-electron chi connectivity index (χ2n) is 6.85. The molecule has 31 heavy (non-hydrogen) atoms. The van der Waals surface area contributed by atoms with Crippen molar-refractivity contribution in [3.05, 3.63) is 46.9 Å². The maximum absolute atomic E-state index is 12.5. The van der Waals surface area contributed by atoms with Crippen LogP contribution in [-0.4, -0.2) is 60.1 Å². The van der Waals surface area contributed by atoms with Crippen molar-refractivity contribution in [1.82, 2.24) is 9.55 Å². The van der Waals surface area contributed by atoms with Gasteiger partial charge >= 0.3 is 17.9 Å². The molecule has 0 amide bonds. The van der Waals surface area contributed by atoms with Crippen LogP contribution in [0.3, 0.4) is 0 Å². The number of nitrogens with zero attached hydrogens (tertiary/aromatic N) is 3.